The number of hydrogen-bond acceptors (Lipinski definition) is 5. The van der Waals surface area contributed by atoms with Crippen molar-refractivity contribution in [1.82, 2.24) is 4.90 Å². The molecule has 0 saturated carbocycles. The summed E-state index contributed by atoms with van der Waals surface area (Å²) >= 11 is 0. The van der Waals surface area contributed by atoms with Gasteiger partial charge >= 0.3 is 5.97 Å². The minimum atomic E-state index is -1.11. The molecular weight excluding hydrogens is 402 g/mol. The van der Waals surface area contributed by atoms with Crippen LogP contribution >= 0.6 is 0 Å². The van der Waals surface area contributed by atoms with E-state index in [-0.39, 0.29) is 12.1 Å². The summed E-state index contributed by atoms with van der Waals surface area (Å²) in [5.41, 5.74) is 2.67. The van der Waals surface area contributed by atoms with E-state index in [1.54, 1.807) is 4.90 Å². The van der Waals surface area contributed by atoms with E-state index >= 15 is 0 Å². The summed E-state index contributed by atoms with van der Waals surface area (Å²) in [6, 6.07) is 28.4. The highest BCUT2D eigenvalue weighted by atomic mass is 16.4. The number of likely N-dealkylation sites (tertiary alicyclic amines) is 1. The standard InChI is InChI=1S/C26H27N3O3/c30-25(31)24-23-17-16-22(28(23)19-10-4-1-5-11-19)18-27(24)26(32)29(20-12-6-2-7-13-20)21-14-8-3-9-15-21/h1-15,22-24,26,32H,16-18H2,(H,30,31)/t22-,23+,24-,26?/m0/s1. The molecule has 0 radical (unpaired) electrons. The Morgan fingerprint density at radius 1 is 0.844 bits per heavy atom. The second-order valence-electron chi connectivity index (χ2n) is 8.41. The molecule has 2 aliphatic rings. The number of rotatable bonds is 6. The number of carboxylic acid groups (broad SMARTS) is 1. The second kappa shape index (κ2) is 8.65. The predicted molar refractivity (Wildman–Crippen MR) is 125 cm³/mol. The number of para-hydroxylation sites is 3. The van der Waals surface area contributed by atoms with Gasteiger partial charge in [0.1, 0.15) is 6.04 Å². The van der Waals surface area contributed by atoms with Gasteiger partial charge in [-0.15, -0.1) is 0 Å². The number of aliphatic hydroxyl groups excluding tert-OH is 1. The number of piperazine rings is 1. The van der Waals surface area contributed by atoms with Gasteiger partial charge in [0, 0.05) is 29.6 Å². The van der Waals surface area contributed by atoms with E-state index in [1.807, 2.05) is 95.9 Å². The highest BCUT2D eigenvalue weighted by Crippen LogP contribution is 2.40. The van der Waals surface area contributed by atoms with Crippen LogP contribution in [-0.2, 0) is 4.79 Å². The van der Waals surface area contributed by atoms with Crippen molar-refractivity contribution >= 4 is 23.0 Å². The Balaban J connectivity index is 1.52. The third-order valence-electron chi connectivity index (χ3n) is 6.59. The van der Waals surface area contributed by atoms with Crippen molar-refractivity contribution in [3.05, 3.63) is 91.0 Å². The Labute approximate surface area is 187 Å². The maximum Gasteiger partial charge on any atom is 0.323 e. The van der Waals surface area contributed by atoms with Crippen LogP contribution in [0, 0.1) is 0 Å². The van der Waals surface area contributed by atoms with E-state index in [9.17, 15) is 15.0 Å². The van der Waals surface area contributed by atoms with Crippen molar-refractivity contribution < 1.29 is 15.0 Å². The molecule has 1 unspecified atom stereocenters. The Kier molecular flexibility index (Phi) is 5.55. The Bertz CT molecular complexity index is 1010. The minimum Gasteiger partial charge on any atom is -0.480 e. The monoisotopic (exact) mass is 429 g/mol. The van der Waals surface area contributed by atoms with Crippen LogP contribution in [0.2, 0.25) is 0 Å². The zero-order valence-electron chi connectivity index (χ0n) is 17.7. The van der Waals surface area contributed by atoms with E-state index in [4.69, 9.17) is 0 Å². The van der Waals surface area contributed by atoms with Crippen molar-refractivity contribution in [3.63, 3.8) is 0 Å². The third-order valence-corrected chi connectivity index (χ3v) is 6.59. The van der Waals surface area contributed by atoms with Crippen molar-refractivity contribution in [2.45, 2.75) is 37.3 Å². The molecule has 164 valence electrons. The fourth-order valence-electron chi connectivity index (χ4n) is 5.27. The molecule has 2 aliphatic heterocycles. The van der Waals surface area contributed by atoms with Gasteiger partial charge in [0.05, 0.1) is 6.04 Å². The quantitative estimate of drug-likeness (QED) is 0.579. The first-order valence-corrected chi connectivity index (χ1v) is 11.0. The molecule has 5 rings (SSSR count). The third kappa shape index (κ3) is 3.61. The molecular formula is C26H27N3O3. The van der Waals surface area contributed by atoms with E-state index < -0.39 is 18.4 Å². The highest BCUT2D eigenvalue weighted by molar-refractivity contribution is 5.77. The number of carboxylic acids is 1. The molecule has 6 nitrogen and oxygen atoms in total. The Morgan fingerprint density at radius 3 is 1.91 bits per heavy atom. The van der Waals surface area contributed by atoms with Crippen LogP contribution in [0.15, 0.2) is 91.0 Å². The maximum absolute atomic E-state index is 12.5. The summed E-state index contributed by atoms with van der Waals surface area (Å²) < 4.78 is 0. The zero-order chi connectivity index (χ0) is 22.1. The Hall–Kier alpha value is -3.35. The number of benzene rings is 3. The van der Waals surface area contributed by atoms with Gasteiger partial charge in [-0.05, 0) is 49.2 Å². The lowest BCUT2D eigenvalue weighted by Gasteiger charge is -2.49. The van der Waals surface area contributed by atoms with Gasteiger partial charge < -0.3 is 20.0 Å². The van der Waals surface area contributed by atoms with Crippen molar-refractivity contribution in [1.29, 1.82) is 0 Å². The molecule has 0 amide bonds. The average Bonchev–Trinajstić information content (AvgIpc) is 3.13. The van der Waals surface area contributed by atoms with E-state index in [1.165, 1.54) is 0 Å². The molecule has 2 saturated heterocycles. The molecule has 0 aliphatic carbocycles. The van der Waals surface area contributed by atoms with Gasteiger partial charge in [-0.3, -0.25) is 4.79 Å². The van der Waals surface area contributed by atoms with Crippen LogP contribution in [0.3, 0.4) is 0 Å². The number of aliphatic hydroxyl groups is 1. The molecule has 4 atom stereocenters. The minimum absolute atomic E-state index is 0.154. The first-order valence-electron chi connectivity index (χ1n) is 11.0. The second-order valence-corrected chi connectivity index (χ2v) is 8.41. The van der Waals surface area contributed by atoms with Crippen molar-refractivity contribution in [3.8, 4) is 0 Å². The lowest BCUT2D eigenvalue weighted by molar-refractivity contribution is -0.151. The summed E-state index contributed by atoms with van der Waals surface area (Å²) in [4.78, 5) is 18.3. The highest BCUT2D eigenvalue weighted by Gasteiger charge is 2.52. The molecule has 2 fully saturated rings. The summed E-state index contributed by atoms with van der Waals surface area (Å²) in [6.45, 7) is 0.472. The van der Waals surface area contributed by atoms with Crippen LogP contribution in [0.5, 0.6) is 0 Å². The van der Waals surface area contributed by atoms with Gasteiger partial charge in [-0.25, -0.2) is 4.90 Å². The van der Waals surface area contributed by atoms with E-state index in [0.717, 1.165) is 29.9 Å². The maximum atomic E-state index is 12.5. The fraction of sp³-hybridized carbons (Fsp3) is 0.269. The first kappa shape index (κ1) is 20.5. The zero-order valence-corrected chi connectivity index (χ0v) is 17.7. The van der Waals surface area contributed by atoms with Crippen LogP contribution in [0.25, 0.3) is 0 Å². The van der Waals surface area contributed by atoms with Gasteiger partial charge in [0.2, 0.25) is 0 Å². The number of fused-ring (bicyclic) bond motifs is 2. The average molecular weight is 430 g/mol. The first-order chi connectivity index (χ1) is 15.6. The largest absolute Gasteiger partial charge is 0.480 e. The van der Waals surface area contributed by atoms with Crippen LogP contribution in [-0.4, -0.2) is 52.1 Å². The van der Waals surface area contributed by atoms with Crippen LogP contribution in [0.1, 0.15) is 12.8 Å². The number of carbonyl (C=O) groups is 1. The summed E-state index contributed by atoms with van der Waals surface area (Å²) in [6.07, 6.45) is 0.585. The van der Waals surface area contributed by atoms with Crippen LogP contribution < -0.4 is 9.80 Å². The number of hydrogen-bond donors (Lipinski definition) is 2. The Morgan fingerprint density at radius 2 is 1.38 bits per heavy atom. The lowest BCUT2D eigenvalue weighted by Crippen LogP contribution is -2.67. The molecule has 3 aromatic rings. The molecule has 2 bridgehead atoms. The van der Waals surface area contributed by atoms with Gasteiger partial charge in [0.15, 0.2) is 6.35 Å². The molecule has 2 N–H and O–H groups in total. The molecule has 32 heavy (non-hydrogen) atoms. The van der Waals surface area contributed by atoms with Gasteiger partial charge in [0.25, 0.3) is 0 Å². The molecule has 0 aromatic heterocycles. The topological polar surface area (TPSA) is 67.2 Å². The summed E-state index contributed by atoms with van der Waals surface area (Å²) in [7, 11) is 0. The predicted octanol–water partition coefficient (Wildman–Crippen LogP) is 3.91. The smallest absolute Gasteiger partial charge is 0.323 e. The normalized spacial score (nSPS) is 23.7. The molecule has 2 heterocycles. The molecule has 0 spiro atoms. The fourth-order valence-corrected chi connectivity index (χ4v) is 5.27. The lowest BCUT2D eigenvalue weighted by atomic mass is 10.0. The number of aliphatic carboxylic acids is 1. The number of anilines is 3. The van der Waals surface area contributed by atoms with Gasteiger partial charge in [-0.1, -0.05) is 54.6 Å². The molecule has 3 aromatic carbocycles. The van der Waals surface area contributed by atoms with Crippen molar-refractivity contribution in [2.24, 2.45) is 0 Å². The van der Waals surface area contributed by atoms with E-state index in [0.29, 0.717) is 6.54 Å². The summed E-state index contributed by atoms with van der Waals surface area (Å²) in [5.74, 6) is -0.906. The van der Waals surface area contributed by atoms with Crippen molar-refractivity contribution in [2.75, 3.05) is 16.3 Å². The molecule has 6 heteroatoms. The number of nitrogens with zero attached hydrogens (tertiary/aromatic N) is 3. The van der Waals surface area contributed by atoms with E-state index in [2.05, 4.69) is 4.90 Å². The summed E-state index contributed by atoms with van der Waals surface area (Å²) in [5, 5.41) is 21.9. The van der Waals surface area contributed by atoms with Crippen LogP contribution in [0.4, 0.5) is 17.1 Å². The van der Waals surface area contributed by atoms with Gasteiger partial charge in [-0.2, -0.15) is 0 Å². The SMILES string of the molecule is O=C(O)[C@@H]1[C@H]2CC[C@@H](CN1C(O)N(c1ccccc1)c1ccccc1)N2c1ccccc1.